The molecule has 0 amide bonds. The van der Waals surface area contributed by atoms with Crippen molar-refractivity contribution in [3.63, 3.8) is 0 Å². The molecule has 0 radical (unpaired) electrons. The first kappa shape index (κ1) is 15.1. The van der Waals surface area contributed by atoms with E-state index in [1.165, 1.54) is 0 Å². The largest absolute Gasteiger partial charge is 0.441 e. The van der Waals surface area contributed by atoms with Gasteiger partial charge in [-0.1, -0.05) is 25.4 Å². The highest BCUT2D eigenvalue weighted by Gasteiger charge is 2.07. The SMILES string of the molecule is Cc1cc(-c2cnc(CCNCC(C)C)o2)ccc1Cl. The first-order chi connectivity index (χ1) is 9.56. The summed E-state index contributed by atoms with van der Waals surface area (Å²) in [7, 11) is 0. The van der Waals surface area contributed by atoms with Gasteiger partial charge >= 0.3 is 0 Å². The van der Waals surface area contributed by atoms with Crippen molar-refractivity contribution in [2.24, 2.45) is 5.92 Å². The van der Waals surface area contributed by atoms with E-state index in [-0.39, 0.29) is 0 Å². The highest BCUT2D eigenvalue weighted by Crippen LogP contribution is 2.25. The van der Waals surface area contributed by atoms with Crippen LogP contribution in [-0.4, -0.2) is 18.1 Å². The number of oxazole rings is 1. The van der Waals surface area contributed by atoms with Gasteiger partial charge in [-0.15, -0.1) is 0 Å². The van der Waals surface area contributed by atoms with Crippen LogP contribution in [0.25, 0.3) is 11.3 Å². The van der Waals surface area contributed by atoms with Gasteiger partial charge in [-0.05, 0) is 43.1 Å². The standard InChI is InChI=1S/C16H21ClN2O/c1-11(2)9-18-7-6-16-19-10-15(20-16)13-4-5-14(17)12(3)8-13/h4-5,8,10-11,18H,6-7,9H2,1-3H3. The lowest BCUT2D eigenvalue weighted by molar-refractivity contribution is 0.483. The summed E-state index contributed by atoms with van der Waals surface area (Å²) in [4.78, 5) is 4.32. The Balaban J connectivity index is 1.96. The van der Waals surface area contributed by atoms with Crippen molar-refractivity contribution in [2.45, 2.75) is 27.2 Å². The minimum Gasteiger partial charge on any atom is -0.441 e. The molecule has 1 aromatic heterocycles. The fourth-order valence-corrected chi connectivity index (χ4v) is 2.06. The highest BCUT2D eigenvalue weighted by atomic mass is 35.5. The van der Waals surface area contributed by atoms with Crippen LogP contribution in [0.4, 0.5) is 0 Å². The Bertz CT molecular complexity index is 563. The Kier molecular flexibility index (Phi) is 5.21. The van der Waals surface area contributed by atoms with Crippen molar-refractivity contribution < 1.29 is 4.42 Å². The minimum atomic E-state index is 0.659. The third-order valence-electron chi connectivity index (χ3n) is 3.06. The molecule has 0 bridgehead atoms. The number of nitrogens with one attached hydrogen (secondary N) is 1. The summed E-state index contributed by atoms with van der Waals surface area (Å²) >= 11 is 6.03. The molecule has 0 saturated heterocycles. The molecule has 0 fully saturated rings. The van der Waals surface area contributed by atoms with Crippen molar-refractivity contribution in [3.8, 4) is 11.3 Å². The molecule has 3 nitrogen and oxygen atoms in total. The van der Waals surface area contributed by atoms with Gasteiger partial charge in [-0.25, -0.2) is 4.98 Å². The zero-order valence-electron chi connectivity index (χ0n) is 12.2. The normalized spacial score (nSPS) is 11.2. The van der Waals surface area contributed by atoms with Gasteiger partial charge in [0, 0.05) is 23.6 Å². The molecular formula is C16H21ClN2O. The molecule has 0 aliphatic carbocycles. The van der Waals surface area contributed by atoms with Gasteiger partial charge in [-0.2, -0.15) is 0 Å². The third kappa shape index (κ3) is 4.09. The van der Waals surface area contributed by atoms with Crippen molar-refractivity contribution >= 4 is 11.6 Å². The third-order valence-corrected chi connectivity index (χ3v) is 3.49. The van der Waals surface area contributed by atoms with Gasteiger partial charge in [0.15, 0.2) is 11.7 Å². The number of aryl methyl sites for hydroxylation is 1. The van der Waals surface area contributed by atoms with Crippen molar-refractivity contribution in [3.05, 3.63) is 40.9 Å². The van der Waals surface area contributed by atoms with Crippen LogP contribution in [0.5, 0.6) is 0 Å². The zero-order chi connectivity index (χ0) is 14.5. The summed E-state index contributed by atoms with van der Waals surface area (Å²) in [5, 5.41) is 4.15. The van der Waals surface area contributed by atoms with E-state index < -0.39 is 0 Å². The molecule has 2 rings (SSSR count). The van der Waals surface area contributed by atoms with Gasteiger partial charge in [0.25, 0.3) is 0 Å². The van der Waals surface area contributed by atoms with Gasteiger partial charge in [0.05, 0.1) is 6.20 Å². The summed E-state index contributed by atoms with van der Waals surface area (Å²) < 4.78 is 5.78. The molecule has 20 heavy (non-hydrogen) atoms. The number of halogens is 1. The molecule has 0 aliphatic heterocycles. The lowest BCUT2D eigenvalue weighted by Gasteiger charge is -2.05. The van der Waals surface area contributed by atoms with Crippen LogP contribution in [0.1, 0.15) is 25.3 Å². The lowest BCUT2D eigenvalue weighted by Crippen LogP contribution is -2.22. The van der Waals surface area contributed by atoms with Crippen LogP contribution in [0.3, 0.4) is 0 Å². The van der Waals surface area contributed by atoms with Crippen LogP contribution in [0, 0.1) is 12.8 Å². The Labute approximate surface area is 125 Å². The van der Waals surface area contributed by atoms with Crippen molar-refractivity contribution in [1.82, 2.24) is 10.3 Å². The van der Waals surface area contributed by atoms with Gasteiger partial charge in [0.1, 0.15) is 0 Å². The second kappa shape index (κ2) is 6.91. The molecule has 0 unspecified atom stereocenters. The first-order valence-electron chi connectivity index (χ1n) is 6.98. The maximum Gasteiger partial charge on any atom is 0.196 e. The summed E-state index contributed by atoms with van der Waals surface area (Å²) in [6.07, 6.45) is 2.58. The molecule has 0 atom stereocenters. The lowest BCUT2D eigenvalue weighted by atomic mass is 10.1. The second-order valence-corrected chi connectivity index (χ2v) is 5.84. The maximum absolute atomic E-state index is 6.03. The number of hydrogen-bond donors (Lipinski definition) is 1. The molecule has 1 heterocycles. The van der Waals surface area contributed by atoms with E-state index in [4.69, 9.17) is 16.0 Å². The molecule has 1 N–H and O–H groups in total. The van der Waals surface area contributed by atoms with E-state index in [1.54, 1.807) is 6.20 Å². The summed E-state index contributed by atoms with van der Waals surface area (Å²) in [5.74, 6) is 2.22. The molecular weight excluding hydrogens is 272 g/mol. The predicted octanol–water partition coefficient (Wildman–Crippen LogP) is 4.09. The predicted molar refractivity (Wildman–Crippen MR) is 83.1 cm³/mol. The van der Waals surface area contributed by atoms with E-state index in [0.717, 1.165) is 47.3 Å². The fraction of sp³-hybridized carbons (Fsp3) is 0.438. The van der Waals surface area contributed by atoms with E-state index in [0.29, 0.717) is 5.92 Å². The topological polar surface area (TPSA) is 38.1 Å². The molecule has 1 aromatic carbocycles. The van der Waals surface area contributed by atoms with Gasteiger partial charge in [0.2, 0.25) is 0 Å². The summed E-state index contributed by atoms with van der Waals surface area (Å²) in [5.41, 5.74) is 2.06. The Hall–Kier alpha value is -1.32. The van der Waals surface area contributed by atoms with E-state index >= 15 is 0 Å². The number of rotatable bonds is 6. The molecule has 0 aliphatic rings. The smallest absolute Gasteiger partial charge is 0.196 e. The van der Waals surface area contributed by atoms with Crippen molar-refractivity contribution in [1.29, 1.82) is 0 Å². The first-order valence-corrected chi connectivity index (χ1v) is 7.36. The molecule has 108 valence electrons. The van der Waals surface area contributed by atoms with E-state index in [1.807, 2.05) is 25.1 Å². The molecule has 0 saturated carbocycles. The number of aromatic nitrogens is 1. The van der Waals surface area contributed by atoms with Crippen LogP contribution in [-0.2, 0) is 6.42 Å². The second-order valence-electron chi connectivity index (χ2n) is 5.43. The summed E-state index contributed by atoms with van der Waals surface area (Å²) in [6.45, 7) is 8.28. The minimum absolute atomic E-state index is 0.659. The molecule has 0 spiro atoms. The number of hydrogen-bond acceptors (Lipinski definition) is 3. The van der Waals surface area contributed by atoms with Crippen LogP contribution in [0.2, 0.25) is 5.02 Å². The van der Waals surface area contributed by atoms with E-state index in [9.17, 15) is 0 Å². The quantitative estimate of drug-likeness (QED) is 0.815. The van der Waals surface area contributed by atoms with E-state index in [2.05, 4.69) is 24.1 Å². The van der Waals surface area contributed by atoms with Crippen LogP contribution < -0.4 is 5.32 Å². The average molecular weight is 293 g/mol. The fourth-order valence-electron chi connectivity index (χ4n) is 1.94. The van der Waals surface area contributed by atoms with Crippen molar-refractivity contribution in [2.75, 3.05) is 13.1 Å². The molecule has 4 heteroatoms. The monoisotopic (exact) mass is 292 g/mol. The van der Waals surface area contributed by atoms with Crippen LogP contribution >= 0.6 is 11.6 Å². The maximum atomic E-state index is 6.03. The van der Waals surface area contributed by atoms with Gasteiger partial charge < -0.3 is 9.73 Å². The number of benzene rings is 1. The molecule has 2 aromatic rings. The Morgan fingerprint density at radius 3 is 2.85 bits per heavy atom. The highest BCUT2D eigenvalue weighted by molar-refractivity contribution is 6.31. The van der Waals surface area contributed by atoms with Gasteiger partial charge in [-0.3, -0.25) is 0 Å². The van der Waals surface area contributed by atoms with Crippen LogP contribution in [0.15, 0.2) is 28.8 Å². The Morgan fingerprint density at radius 1 is 1.35 bits per heavy atom. The zero-order valence-corrected chi connectivity index (χ0v) is 13.0. The number of nitrogens with zero attached hydrogens (tertiary/aromatic N) is 1. The summed E-state index contributed by atoms with van der Waals surface area (Å²) in [6, 6.07) is 5.86. The average Bonchev–Trinajstić information content (AvgIpc) is 2.86. The Morgan fingerprint density at radius 2 is 2.15 bits per heavy atom.